The van der Waals surface area contributed by atoms with Crippen molar-refractivity contribution in [1.29, 1.82) is 0 Å². The maximum atomic E-state index is 12.9. The lowest BCUT2D eigenvalue weighted by Gasteiger charge is -2.41. The van der Waals surface area contributed by atoms with E-state index in [4.69, 9.17) is 9.47 Å². The minimum Gasteiger partial charge on any atom is -0.392 e. The molecule has 49 heavy (non-hydrogen) atoms. The van der Waals surface area contributed by atoms with Crippen LogP contribution < -0.4 is 5.32 Å². The molecule has 7 nitrogen and oxygen atoms in total. The molecule has 1 aliphatic heterocycles. The molecular weight excluding hydrogens is 610 g/mol. The quantitative estimate of drug-likeness (QED) is 0.0916. The molecule has 1 aliphatic rings. The second-order valence-corrected chi connectivity index (χ2v) is 13.9. The largest absolute Gasteiger partial charge is 0.392 e. The Labute approximate surface area is 293 Å². The van der Waals surface area contributed by atoms with Crippen LogP contribution in [0.15, 0.2) is 79.1 Å². The third kappa shape index (κ3) is 11.0. The van der Waals surface area contributed by atoms with Gasteiger partial charge < -0.3 is 24.5 Å². The Bertz CT molecular complexity index is 1550. The van der Waals surface area contributed by atoms with Crippen molar-refractivity contribution < 1.29 is 19.4 Å². The first-order valence-corrected chi connectivity index (χ1v) is 18.9. The number of unbranched alkanes of at least 4 members (excludes halogenated alkanes) is 12. The molecule has 2 heterocycles. The van der Waals surface area contributed by atoms with Gasteiger partial charge in [-0.3, -0.25) is 4.79 Å². The molecule has 1 unspecified atom stereocenters. The predicted molar refractivity (Wildman–Crippen MR) is 198 cm³/mol. The summed E-state index contributed by atoms with van der Waals surface area (Å²) in [6.45, 7) is 5.06. The number of aromatic nitrogens is 2. The van der Waals surface area contributed by atoms with Crippen molar-refractivity contribution in [3.05, 3.63) is 95.8 Å². The third-order valence-corrected chi connectivity index (χ3v) is 9.98. The predicted octanol–water partition coefficient (Wildman–Crippen LogP) is 10.4. The summed E-state index contributed by atoms with van der Waals surface area (Å²) in [5.41, 5.74) is 5.55. The van der Waals surface area contributed by atoms with Gasteiger partial charge >= 0.3 is 0 Å². The lowest BCUT2D eigenvalue weighted by molar-refractivity contribution is -0.276. The number of fused-ring (bicyclic) bond motifs is 1. The smallest absolute Gasteiger partial charge is 0.224 e. The van der Waals surface area contributed by atoms with Crippen LogP contribution in [0.3, 0.4) is 0 Å². The SMILES string of the molecule is CCCCCCCCCCCCCCCC(=O)Nc1cccc(C2O[C@H](Cn3cnc4ccccc43)[C@H](C)[C@H](c3ccc(CO)cc3)O2)c1. The van der Waals surface area contributed by atoms with Gasteiger partial charge in [-0.05, 0) is 41.8 Å². The lowest BCUT2D eigenvalue weighted by atomic mass is 9.90. The number of para-hydroxylation sites is 2. The van der Waals surface area contributed by atoms with E-state index in [1.54, 1.807) is 0 Å². The zero-order valence-corrected chi connectivity index (χ0v) is 29.7. The molecule has 1 aromatic heterocycles. The first-order chi connectivity index (χ1) is 24.1. The molecule has 1 saturated heterocycles. The monoisotopic (exact) mass is 667 g/mol. The van der Waals surface area contributed by atoms with Crippen LogP contribution in [-0.4, -0.2) is 26.7 Å². The van der Waals surface area contributed by atoms with Gasteiger partial charge in [0.1, 0.15) is 0 Å². The third-order valence-electron chi connectivity index (χ3n) is 9.98. The van der Waals surface area contributed by atoms with Gasteiger partial charge in [0.15, 0.2) is 6.29 Å². The van der Waals surface area contributed by atoms with E-state index in [0.717, 1.165) is 46.3 Å². The molecule has 1 amide bonds. The molecule has 0 spiro atoms. The van der Waals surface area contributed by atoms with E-state index in [1.165, 1.54) is 70.6 Å². The number of aliphatic hydroxyl groups excluding tert-OH is 1. The van der Waals surface area contributed by atoms with Gasteiger partial charge in [0, 0.05) is 23.6 Å². The van der Waals surface area contributed by atoms with Gasteiger partial charge in [0.05, 0.1) is 42.7 Å². The van der Waals surface area contributed by atoms with Crippen LogP contribution in [0.4, 0.5) is 5.69 Å². The Morgan fingerprint density at radius 2 is 1.47 bits per heavy atom. The van der Waals surface area contributed by atoms with Crippen LogP contribution >= 0.6 is 0 Å². The Morgan fingerprint density at radius 1 is 0.796 bits per heavy atom. The molecule has 264 valence electrons. The zero-order chi connectivity index (χ0) is 34.3. The van der Waals surface area contributed by atoms with Crippen LogP contribution in [0.1, 0.15) is 133 Å². The summed E-state index contributed by atoms with van der Waals surface area (Å²) in [6.07, 6.45) is 18.2. The fourth-order valence-electron chi connectivity index (χ4n) is 6.97. The lowest BCUT2D eigenvalue weighted by Crippen LogP contribution is -2.39. The second-order valence-electron chi connectivity index (χ2n) is 13.9. The minimum absolute atomic E-state index is 0.00128. The van der Waals surface area contributed by atoms with Gasteiger partial charge in [-0.1, -0.05) is 139 Å². The van der Waals surface area contributed by atoms with Gasteiger partial charge in [0.25, 0.3) is 0 Å². The highest BCUT2D eigenvalue weighted by Gasteiger charge is 2.38. The Morgan fingerprint density at radius 3 is 2.16 bits per heavy atom. The number of carbonyl (C=O) groups is 1. The number of rotatable bonds is 20. The molecule has 1 fully saturated rings. The number of aliphatic hydroxyl groups is 1. The molecule has 4 atom stereocenters. The van der Waals surface area contributed by atoms with Crippen molar-refractivity contribution in [3.63, 3.8) is 0 Å². The fraction of sp³-hybridized carbons (Fsp3) is 0.524. The normalized spacial score (nSPS) is 19.3. The van der Waals surface area contributed by atoms with E-state index >= 15 is 0 Å². The Kier molecular flexibility index (Phi) is 14.7. The molecule has 5 rings (SSSR count). The molecule has 3 aromatic carbocycles. The van der Waals surface area contributed by atoms with Gasteiger partial charge in [-0.2, -0.15) is 0 Å². The number of anilines is 1. The molecule has 0 radical (unpaired) electrons. The van der Waals surface area contributed by atoms with Crippen LogP contribution in [0.5, 0.6) is 0 Å². The van der Waals surface area contributed by atoms with Crippen molar-refractivity contribution in [3.8, 4) is 0 Å². The maximum Gasteiger partial charge on any atom is 0.224 e. The van der Waals surface area contributed by atoms with Crippen LogP contribution in [0.2, 0.25) is 0 Å². The average molecular weight is 668 g/mol. The highest BCUT2D eigenvalue weighted by atomic mass is 16.7. The van der Waals surface area contributed by atoms with Crippen molar-refractivity contribution in [2.75, 3.05) is 5.32 Å². The van der Waals surface area contributed by atoms with Crippen molar-refractivity contribution in [2.45, 2.75) is 135 Å². The molecular formula is C42H57N3O4. The van der Waals surface area contributed by atoms with Crippen LogP contribution in [0, 0.1) is 5.92 Å². The molecule has 7 heteroatoms. The van der Waals surface area contributed by atoms with Gasteiger partial charge in [-0.15, -0.1) is 0 Å². The number of ether oxygens (including phenoxy) is 2. The van der Waals surface area contributed by atoms with Crippen LogP contribution in [0.25, 0.3) is 11.0 Å². The first-order valence-electron chi connectivity index (χ1n) is 18.9. The average Bonchev–Trinajstić information content (AvgIpc) is 3.54. The minimum atomic E-state index is -0.614. The molecule has 0 bridgehead atoms. The van der Waals surface area contributed by atoms with Crippen LogP contribution in [-0.2, 0) is 27.4 Å². The number of hydrogen-bond acceptors (Lipinski definition) is 5. The van der Waals surface area contributed by atoms with E-state index in [2.05, 4.69) is 34.8 Å². The van der Waals surface area contributed by atoms with E-state index < -0.39 is 6.29 Å². The number of amides is 1. The highest BCUT2D eigenvalue weighted by molar-refractivity contribution is 5.90. The van der Waals surface area contributed by atoms with Crippen molar-refractivity contribution >= 4 is 22.6 Å². The zero-order valence-electron chi connectivity index (χ0n) is 29.7. The van der Waals surface area contributed by atoms with E-state index in [9.17, 15) is 9.90 Å². The number of nitrogens with zero attached hydrogens (tertiary/aromatic N) is 2. The summed E-state index contributed by atoms with van der Waals surface area (Å²) in [7, 11) is 0. The standard InChI is InChI=1S/C42H57N3O4/c1-3-4-5-6-7-8-9-10-11-12-13-14-15-23-40(47)44-36-20-18-19-35(28-36)42-48-39(29-45-31-43-37-21-16-17-22-38(37)45)32(2)41(49-42)34-26-24-33(30-46)25-27-34/h16-22,24-28,31-32,39,41-42,46H,3-15,23,29-30H2,1-2H3,(H,44,47)/t32-,39+,41+,42?/m0/s1. The molecule has 4 aromatic rings. The fourth-order valence-corrected chi connectivity index (χ4v) is 6.97. The number of imidazole rings is 1. The summed E-state index contributed by atoms with van der Waals surface area (Å²) in [5, 5.41) is 12.7. The van der Waals surface area contributed by atoms with Gasteiger partial charge in [-0.25, -0.2) is 4.98 Å². The van der Waals surface area contributed by atoms with Gasteiger partial charge in [0.2, 0.25) is 5.91 Å². The molecule has 0 saturated carbocycles. The summed E-state index contributed by atoms with van der Waals surface area (Å²) in [6, 6.07) is 23.9. The summed E-state index contributed by atoms with van der Waals surface area (Å²) < 4.78 is 15.5. The topological polar surface area (TPSA) is 85.6 Å². The van der Waals surface area contributed by atoms with E-state index in [1.807, 2.05) is 73.1 Å². The number of hydrogen-bond donors (Lipinski definition) is 2. The molecule has 0 aliphatic carbocycles. The summed E-state index contributed by atoms with van der Waals surface area (Å²) in [5.74, 6) is 0.0895. The Balaban J connectivity index is 1.14. The highest BCUT2D eigenvalue weighted by Crippen LogP contribution is 2.42. The van der Waals surface area contributed by atoms with E-state index in [0.29, 0.717) is 13.0 Å². The van der Waals surface area contributed by atoms with Crippen molar-refractivity contribution in [2.24, 2.45) is 5.92 Å². The van der Waals surface area contributed by atoms with Crippen molar-refractivity contribution in [1.82, 2.24) is 9.55 Å². The second kappa shape index (κ2) is 19.6. The maximum absolute atomic E-state index is 12.9. The Hall–Kier alpha value is -3.52. The van der Waals surface area contributed by atoms with E-state index in [-0.39, 0.29) is 30.6 Å². The molecule has 2 N–H and O–H groups in total. The number of nitrogens with one attached hydrogen (secondary N) is 1. The number of carbonyl (C=O) groups excluding carboxylic acids is 1. The number of benzene rings is 3. The first kappa shape index (κ1) is 36.8. The summed E-state index contributed by atoms with van der Waals surface area (Å²) >= 11 is 0. The summed E-state index contributed by atoms with van der Waals surface area (Å²) in [4.78, 5) is 17.5.